The first-order chi connectivity index (χ1) is 7.52. The standard InChI is InChI=1S/C10H20N4O2/c1-14(2)9(16)13-6-5-12-8(15)10(7-11)3-4-10/h3-7,11H2,1-2H3,(H,12,15)(H,13,16). The Morgan fingerprint density at radius 3 is 2.25 bits per heavy atom. The minimum atomic E-state index is -0.314. The van der Waals surface area contributed by atoms with Crippen molar-refractivity contribution < 1.29 is 9.59 Å². The van der Waals surface area contributed by atoms with Crippen LogP contribution in [0.3, 0.4) is 0 Å². The molecule has 0 radical (unpaired) electrons. The van der Waals surface area contributed by atoms with Crippen molar-refractivity contribution in [1.29, 1.82) is 0 Å². The minimum Gasteiger partial charge on any atom is -0.354 e. The highest BCUT2D eigenvalue weighted by Gasteiger charge is 2.48. The molecule has 0 saturated heterocycles. The first kappa shape index (κ1) is 12.8. The van der Waals surface area contributed by atoms with E-state index in [0.717, 1.165) is 12.8 Å². The topological polar surface area (TPSA) is 87.5 Å². The van der Waals surface area contributed by atoms with Crippen molar-refractivity contribution in [2.75, 3.05) is 33.7 Å². The van der Waals surface area contributed by atoms with E-state index < -0.39 is 0 Å². The molecule has 0 aromatic heterocycles. The number of urea groups is 1. The van der Waals surface area contributed by atoms with Crippen LogP contribution in [0.5, 0.6) is 0 Å². The van der Waals surface area contributed by atoms with Gasteiger partial charge in [0.15, 0.2) is 0 Å². The van der Waals surface area contributed by atoms with E-state index in [-0.39, 0.29) is 17.4 Å². The van der Waals surface area contributed by atoms with Crippen molar-refractivity contribution in [1.82, 2.24) is 15.5 Å². The SMILES string of the molecule is CN(C)C(=O)NCCNC(=O)C1(CN)CC1. The fraction of sp³-hybridized carbons (Fsp3) is 0.800. The highest BCUT2D eigenvalue weighted by atomic mass is 16.2. The lowest BCUT2D eigenvalue weighted by Crippen LogP contribution is -2.42. The molecule has 92 valence electrons. The Bertz CT molecular complexity index is 274. The van der Waals surface area contributed by atoms with E-state index in [1.165, 1.54) is 4.90 Å². The van der Waals surface area contributed by atoms with Gasteiger partial charge in [0.2, 0.25) is 5.91 Å². The minimum absolute atomic E-state index is 0.00843. The number of carbonyl (C=O) groups excluding carboxylic acids is 2. The molecule has 0 heterocycles. The van der Waals surface area contributed by atoms with Crippen LogP contribution in [0.25, 0.3) is 0 Å². The third-order valence-electron chi connectivity index (χ3n) is 2.82. The number of nitrogens with one attached hydrogen (secondary N) is 2. The van der Waals surface area contributed by atoms with E-state index in [1.807, 2.05) is 0 Å². The Labute approximate surface area is 95.5 Å². The number of hydrogen-bond donors (Lipinski definition) is 3. The van der Waals surface area contributed by atoms with Crippen LogP contribution < -0.4 is 16.4 Å². The van der Waals surface area contributed by atoms with E-state index in [4.69, 9.17) is 5.73 Å². The fourth-order valence-electron chi connectivity index (χ4n) is 1.37. The molecule has 0 aromatic rings. The lowest BCUT2D eigenvalue weighted by Gasteiger charge is -2.14. The van der Waals surface area contributed by atoms with Crippen molar-refractivity contribution in [3.63, 3.8) is 0 Å². The van der Waals surface area contributed by atoms with Crippen molar-refractivity contribution >= 4 is 11.9 Å². The average molecular weight is 228 g/mol. The van der Waals surface area contributed by atoms with Crippen LogP contribution in [0, 0.1) is 5.41 Å². The lowest BCUT2D eigenvalue weighted by atomic mass is 10.1. The second-order valence-corrected chi connectivity index (χ2v) is 4.37. The van der Waals surface area contributed by atoms with Crippen LogP contribution in [0.4, 0.5) is 4.79 Å². The van der Waals surface area contributed by atoms with Crippen molar-refractivity contribution in [2.45, 2.75) is 12.8 Å². The molecule has 1 fully saturated rings. The van der Waals surface area contributed by atoms with Gasteiger partial charge in [-0.25, -0.2) is 4.79 Å². The predicted molar refractivity (Wildman–Crippen MR) is 60.8 cm³/mol. The quantitative estimate of drug-likeness (QED) is 0.534. The zero-order valence-electron chi connectivity index (χ0n) is 9.88. The largest absolute Gasteiger partial charge is 0.354 e. The maximum Gasteiger partial charge on any atom is 0.316 e. The summed E-state index contributed by atoms with van der Waals surface area (Å²) in [6.45, 7) is 1.28. The molecule has 0 aliphatic heterocycles. The molecule has 16 heavy (non-hydrogen) atoms. The summed E-state index contributed by atoms with van der Waals surface area (Å²) in [5.74, 6) is 0.00843. The first-order valence-electron chi connectivity index (χ1n) is 5.45. The molecule has 6 heteroatoms. The monoisotopic (exact) mass is 228 g/mol. The number of carbonyl (C=O) groups is 2. The summed E-state index contributed by atoms with van der Waals surface area (Å²) in [7, 11) is 3.34. The first-order valence-corrected chi connectivity index (χ1v) is 5.45. The normalized spacial score (nSPS) is 16.4. The number of rotatable bonds is 5. The zero-order valence-corrected chi connectivity index (χ0v) is 9.88. The Morgan fingerprint density at radius 1 is 1.25 bits per heavy atom. The fourth-order valence-corrected chi connectivity index (χ4v) is 1.37. The van der Waals surface area contributed by atoms with Crippen LogP contribution in [0.15, 0.2) is 0 Å². The van der Waals surface area contributed by atoms with Crippen LogP contribution in [-0.2, 0) is 4.79 Å². The lowest BCUT2D eigenvalue weighted by molar-refractivity contribution is -0.125. The molecule has 1 rings (SSSR count). The number of hydrogen-bond acceptors (Lipinski definition) is 3. The van der Waals surface area contributed by atoms with Gasteiger partial charge in [-0.05, 0) is 12.8 Å². The highest BCUT2D eigenvalue weighted by Crippen LogP contribution is 2.44. The summed E-state index contributed by atoms with van der Waals surface area (Å²) in [6.07, 6.45) is 1.75. The molecule has 1 aliphatic carbocycles. The summed E-state index contributed by atoms with van der Waals surface area (Å²) in [5, 5.41) is 5.45. The van der Waals surface area contributed by atoms with Gasteiger partial charge in [0.25, 0.3) is 0 Å². The van der Waals surface area contributed by atoms with Gasteiger partial charge >= 0.3 is 6.03 Å². The van der Waals surface area contributed by atoms with Gasteiger partial charge in [-0.2, -0.15) is 0 Å². The summed E-state index contributed by atoms with van der Waals surface area (Å²) in [5.41, 5.74) is 5.21. The van der Waals surface area contributed by atoms with Gasteiger partial charge in [-0.1, -0.05) is 0 Å². The van der Waals surface area contributed by atoms with E-state index in [1.54, 1.807) is 14.1 Å². The molecule has 1 saturated carbocycles. The van der Waals surface area contributed by atoms with Gasteiger partial charge in [-0.3, -0.25) is 4.79 Å². The highest BCUT2D eigenvalue weighted by molar-refractivity contribution is 5.85. The summed E-state index contributed by atoms with van der Waals surface area (Å²) < 4.78 is 0. The molecule has 3 amide bonds. The molecule has 0 bridgehead atoms. The Kier molecular flexibility index (Phi) is 4.12. The van der Waals surface area contributed by atoms with Crippen LogP contribution in [0.2, 0.25) is 0 Å². The van der Waals surface area contributed by atoms with Crippen molar-refractivity contribution in [3.05, 3.63) is 0 Å². The second kappa shape index (κ2) is 5.16. The molecule has 0 unspecified atom stereocenters. The molecule has 4 N–H and O–H groups in total. The molecule has 0 aromatic carbocycles. The van der Waals surface area contributed by atoms with Crippen LogP contribution in [-0.4, -0.2) is 50.6 Å². The van der Waals surface area contributed by atoms with Gasteiger partial charge < -0.3 is 21.3 Å². The van der Waals surface area contributed by atoms with E-state index >= 15 is 0 Å². The van der Waals surface area contributed by atoms with Gasteiger partial charge in [0, 0.05) is 33.7 Å². The zero-order chi connectivity index (χ0) is 12.2. The predicted octanol–water partition coefficient (Wildman–Crippen LogP) is -0.887. The molecule has 1 aliphatic rings. The van der Waals surface area contributed by atoms with Crippen molar-refractivity contribution in [3.8, 4) is 0 Å². The number of nitrogens with two attached hydrogens (primary N) is 1. The molecular weight excluding hydrogens is 208 g/mol. The Morgan fingerprint density at radius 2 is 1.81 bits per heavy atom. The summed E-state index contributed by atoms with van der Waals surface area (Å²) in [6, 6.07) is -0.158. The maximum atomic E-state index is 11.6. The van der Waals surface area contributed by atoms with E-state index in [9.17, 15) is 9.59 Å². The average Bonchev–Trinajstić information content (AvgIpc) is 3.04. The second-order valence-electron chi connectivity index (χ2n) is 4.37. The molecule has 0 atom stereocenters. The third kappa shape index (κ3) is 3.10. The third-order valence-corrected chi connectivity index (χ3v) is 2.82. The smallest absolute Gasteiger partial charge is 0.316 e. The van der Waals surface area contributed by atoms with Gasteiger partial charge in [0.05, 0.1) is 5.41 Å². The number of nitrogens with zero attached hydrogens (tertiary/aromatic N) is 1. The van der Waals surface area contributed by atoms with E-state index in [0.29, 0.717) is 19.6 Å². The Hall–Kier alpha value is -1.30. The van der Waals surface area contributed by atoms with Gasteiger partial charge in [0.1, 0.15) is 0 Å². The van der Waals surface area contributed by atoms with Crippen LogP contribution in [0.1, 0.15) is 12.8 Å². The summed E-state index contributed by atoms with van der Waals surface area (Å²) in [4.78, 5) is 24.2. The van der Waals surface area contributed by atoms with E-state index in [2.05, 4.69) is 10.6 Å². The summed E-state index contributed by atoms with van der Waals surface area (Å²) >= 11 is 0. The number of amides is 3. The molecular formula is C10H20N4O2. The molecule has 0 spiro atoms. The van der Waals surface area contributed by atoms with Crippen molar-refractivity contribution in [2.24, 2.45) is 11.1 Å². The Balaban J connectivity index is 2.12. The van der Waals surface area contributed by atoms with Crippen LogP contribution >= 0.6 is 0 Å². The maximum absolute atomic E-state index is 11.6. The van der Waals surface area contributed by atoms with Gasteiger partial charge in [-0.15, -0.1) is 0 Å². The molecule has 6 nitrogen and oxygen atoms in total.